The zero-order valence-corrected chi connectivity index (χ0v) is 12.4. The van der Waals surface area contributed by atoms with Gasteiger partial charge >= 0.3 is 5.97 Å². The molecule has 0 heterocycles. The van der Waals surface area contributed by atoms with Crippen LogP contribution in [0.1, 0.15) is 17.2 Å². The summed E-state index contributed by atoms with van der Waals surface area (Å²) in [7, 11) is 2.98. The van der Waals surface area contributed by atoms with Crippen molar-refractivity contribution in [2.75, 3.05) is 19.5 Å². The third kappa shape index (κ3) is 3.54. The molecule has 21 heavy (non-hydrogen) atoms. The van der Waals surface area contributed by atoms with E-state index in [2.05, 4.69) is 5.32 Å². The zero-order valence-electron chi connectivity index (χ0n) is 12.4. The van der Waals surface area contributed by atoms with Crippen LogP contribution >= 0.6 is 0 Å². The number of carbonyl (C=O) groups excluding carboxylic acids is 1. The van der Waals surface area contributed by atoms with Crippen molar-refractivity contribution in [1.82, 2.24) is 0 Å². The highest BCUT2D eigenvalue weighted by Crippen LogP contribution is 2.25. The SMILES string of the molecule is COC(=O)C(Nc1ccccc1C)c1cccc(OC)c1. The minimum absolute atomic E-state index is 0.341. The summed E-state index contributed by atoms with van der Waals surface area (Å²) in [5.41, 5.74) is 2.76. The van der Waals surface area contributed by atoms with Gasteiger partial charge in [-0.3, -0.25) is 0 Å². The van der Waals surface area contributed by atoms with Crippen LogP contribution in [-0.4, -0.2) is 20.2 Å². The summed E-state index contributed by atoms with van der Waals surface area (Å²) in [6, 6.07) is 14.6. The Bertz CT molecular complexity index is 625. The molecule has 0 bridgehead atoms. The van der Waals surface area contributed by atoms with E-state index in [4.69, 9.17) is 9.47 Å². The Hall–Kier alpha value is -2.49. The van der Waals surface area contributed by atoms with Gasteiger partial charge < -0.3 is 14.8 Å². The molecule has 1 unspecified atom stereocenters. The van der Waals surface area contributed by atoms with Gasteiger partial charge in [-0.05, 0) is 36.2 Å². The molecular weight excluding hydrogens is 266 g/mol. The summed E-state index contributed by atoms with van der Waals surface area (Å²) in [6.07, 6.45) is 0. The van der Waals surface area contributed by atoms with Crippen LogP contribution in [0.3, 0.4) is 0 Å². The summed E-state index contributed by atoms with van der Waals surface area (Å²) >= 11 is 0. The summed E-state index contributed by atoms with van der Waals surface area (Å²) in [5, 5.41) is 3.24. The van der Waals surface area contributed by atoms with Crippen molar-refractivity contribution in [3.8, 4) is 5.75 Å². The molecule has 0 fully saturated rings. The van der Waals surface area contributed by atoms with Crippen LogP contribution < -0.4 is 10.1 Å². The molecule has 4 heteroatoms. The predicted octanol–water partition coefficient (Wildman–Crippen LogP) is 3.33. The molecule has 0 aliphatic rings. The molecule has 2 rings (SSSR count). The molecular formula is C17H19NO3. The first-order valence-corrected chi connectivity index (χ1v) is 6.69. The first kappa shape index (κ1) is 14.9. The Morgan fingerprint density at radius 3 is 2.52 bits per heavy atom. The first-order chi connectivity index (χ1) is 10.2. The fraction of sp³-hybridized carbons (Fsp3) is 0.235. The van der Waals surface area contributed by atoms with Gasteiger partial charge in [-0.15, -0.1) is 0 Å². The number of ether oxygens (including phenoxy) is 2. The fourth-order valence-electron chi connectivity index (χ4n) is 2.11. The molecule has 0 aromatic heterocycles. The third-order valence-corrected chi connectivity index (χ3v) is 3.31. The van der Waals surface area contributed by atoms with Crippen molar-refractivity contribution in [3.63, 3.8) is 0 Å². The molecule has 1 N–H and O–H groups in total. The van der Waals surface area contributed by atoms with E-state index < -0.39 is 6.04 Å². The number of methoxy groups -OCH3 is 2. The van der Waals surface area contributed by atoms with E-state index in [-0.39, 0.29) is 5.97 Å². The van der Waals surface area contributed by atoms with Crippen molar-refractivity contribution in [3.05, 3.63) is 59.7 Å². The van der Waals surface area contributed by atoms with Crippen LogP contribution in [0.2, 0.25) is 0 Å². The zero-order chi connectivity index (χ0) is 15.2. The lowest BCUT2D eigenvalue weighted by Crippen LogP contribution is -2.22. The van der Waals surface area contributed by atoms with Crippen LogP contribution in [0.5, 0.6) is 5.75 Å². The quantitative estimate of drug-likeness (QED) is 0.856. The fourth-order valence-corrected chi connectivity index (χ4v) is 2.11. The van der Waals surface area contributed by atoms with Gasteiger partial charge in [0.1, 0.15) is 5.75 Å². The number of aryl methyl sites for hydroxylation is 1. The maximum Gasteiger partial charge on any atom is 0.332 e. The van der Waals surface area contributed by atoms with Crippen molar-refractivity contribution < 1.29 is 14.3 Å². The van der Waals surface area contributed by atoms with Crippen LogP contribution in [0.4, 0.5) is 5.69 Å². The van der Waals surface area contributed by atoms with Gasteiger partial charge in [0, 0.05) is 5.69 Å². The standard InChI is InChI=1S/C17H19NO3/c1-12-7-4-5-10-15(12)18-16(17(19)21-3)13-8-6-9-14(11-13)20-2/h4-11,16,18H,1-3H3. The Kier molecular flexibility index (Phi) is 4.82. The van der Waals surface area contributed by atoms with Crippen molar-refractivity contribution in [2.45, 2.75) is 13.0 Å². The highest BCUT2D eigenvalue weighted by Gasteiger charge is 2.22. The van der Waals surface area contributed by atoms with Gasteiger partial charge in [0.05, 0.1) is 14.2 Å². The predicted molar refractivity (Wildman–Crippen MR) is 82.6 cm³/mol. The smallest absolute Gasteiger partial charge is 0.332 e. The number of benzene rings is 2. The molecule has 0 aliphatic heterocycles. The number of hydrogen-bond donors (Lipinski definition) is 1. The first-order valence-electron chi connectivity index (χ1n) is 6.69. The van der Waals surface area contributed by atoms with E-state index >= 15 is 0 Å². The minimum Gasteiger partial charge on any atom is -0.497 e. The molecule has 4 nitrogen and oxygen atoms in total. The highest BCUT2D eigenvalue weighted by molar-refractivity contribution is 5.81. The number of nitrogens with one attached hydrogen (secondary N) is 1. The normalized spacial score (nSPS) is 11.6. The lowest BCUT2D eigenvalue weighted by molar-refractivity contribution is -0.141. The van der Waals surface area contributed by atoms with E-state index in [1.165, 1.54) is 7.11 Å². The summed E-state index contributed by atoms with van der Waals surface area (Å²) in [4.78, 5) is 12.1. The third-order valence-electron chi connectivity index (χ3n) is 3.31. The average Bonchev–Trinajstić information content (AvgIpc) is 2.53. The average molecular weight is 285 g/mol. The molecule has 0 amide bonds. The number of para-hydroxylation sites is 1. The van der Waals surface area contributed by atoms with Crippen molar-refractivity contribution in [2.24, 2.45) is 0 Å². The van der Waals surface area contributed by atoms with Crippen LogP contribution in [-0.2, 0) is 9.53 Å². The van der Waals surface area contributed by atoms with Gasteiger partial charge in [0.15, 0.2) is 6.04 Å². The van der Waals surface area contributed by atoms with Crippen LogP contribution in [0, 0.1) is 6.92 Å². The number of rotatable bonds is 5. The molecule has 0 spiro atoms. The van der Waals surface area contributed by atoms with E-state index in [0.29, 0.717) is 5.75 Å². The van der Waals surface area contributed by atoms with E-state index in [0.717, 1.165) is 16.8 Å². The topological polar surface area (TPSA) is 47.6 Å². The van der Waals surface area contributed by atoms with Gasteiger partial charge in [-0.25, -0.2) is 4.79 Å². The second-order valence-corrected chi connectivity index (χ2v) is 4.69. The number of carbonyl (C=O) groups is 1. The molecule has 2 aromatic carbocycles. The number of hydrogen-bond acceptors (Lipinski definition) is 4. The molecule has 0 saturated carbocycles. The van der Waals surface area contributed by atoms with Gasteiger partial charge in [-0.1, -0.05) is 30.3 Å². The van der Waals surface area contributed by atoms with Crippen LogP contribution in [0.25, 0.3) is 0 Å². The summed E-state index contributed by atoms with van der Waals surface area (Å²) in [5.74, 6) is 0.361. The summed E-state index contributed by atoms with van der Waals surface area (Å²) < 4.78 is 10.1. The van der Waals surface area contributed by atoms with Crippen molar-refractivity contribution >= 4 is 11.7 Å². The second-order valence-electron chi connectivity index (χ2n) is 4.69. The van der Waals surface area contributed by atoms with Gasteiger partial charge in [0.2, 0.25) is 0 Å². The Morgan fingerprint density at radius 2 is 1.86 bits per heavy atom. The molecule has 110 valence electrons. The maximum atomic E-state index is 12.1. The summed E-state index contributed by atoms with van der Waals surface area (Å²) in [6.45, 7) is 1.99. The number of anilines is 1. The minimum atomic E-state index is -0.578. The number of esters is 1. The molecule has 0 saturated heterocycles. The molecule has 2 aromatic rings. The molecule has 0 radical (unpaired) electrons. The Balaban J connectivity index is 2.34. The molecule has 1 atom stereocenters. The lowest BCUT2D eigenvalue weighted by atomic mass is 10.1. The van der Waals surface area contributed by atoms with Gasteiger partial charge in [-0.2, -0.15) is 0 Å². The highest BCUT2D eigenvalue weighted by atomic mass is 16.5. The monoisotopic (exact) mass is 285 g/mol. The van der Waals surface area contributed by atoms with E-state index in [1.54, 1.807) is 7.11 Å². The lowest BCUT2D eigenvalue weighted by Gasteiger charge is -2.19. The van der Waals surface area contributed by atoms with E-state index in [9.17, 15) is 4.79 Å². The van der Waals surface area contributed by atoms with Crippen molar-refractivity contribution in [1.29, 1.82) is 0 Å². The maximum absolute atomic E-state index is 12.1. The van der Waals surface area contributed by atoms with Crippen LogP contribution in [0.15, 0.2) is 48.5 Å². The molecule has 0 aliphatic carbocycles. The second kappa shape index (κ2) is 6.79. The van der Waals surface area contributed by atoms with Gasteiger partial charge in [0.25, 0.3) is 0 Å². The Morgan fingerprint density at radius 1 is 1.10 bits per heavy atom. The van der Waals surface area contributed by atoms with E-state index in [1.807, 2.05) is 55.5 Å². The largest absolute Gasteiger partial charge is 0.497 e. The Labute approximate surface area is 124 Å².